The van der Waals surface area contributed by atoms with Gasteiger partial charge in [-0.15, -0.1) is 0 Å². The first-order chi connectivity index (χ1) is 10.2. The maximum absolute atomic E-state index is 11.8. The van der Waals surface area contributed by atoms with Crippen LogP contribution in [0.3, 0.4) is 0 Å². The van der Waals surface area contributed by atoms with E-state index in [1.165, 1.54) is 12.8 Å². The van der Waals surface area contributed by atoms with Gasteiger partial charge in [-0.2, -0.15) is 0 Å². The minimum absolute atomic E-state index is 0.0300. The van der Waals surface area contributed by atoms with Gasteiger partial charge in [0, 0.05) is 18.7 Å². The summed E-state index contributed by atoms with van der Waals surface area (Å²) in [6.07, 6.45) is 3.59. The number of carbonyl (C=O) groups is 1. The van der Waals surface area contributed by atoms with E-state index in [2.05, 4.69) is 17.6 Å². The Bertz CT molecular complexity index is 470. The number of amides is 1. The predicted octanol–water partition coefficient (Wildman–Crippen LogP) is 2.40. The molecule has 4 nitrogen and oxygen atoms in total. The van der Waals surface area contributed by atoms with Crippen LogP contribution in [0.2, 0.25) is 0 Å². The number of nitrogens with one attached hydrogen (secondary N) is 2. The number of ether oxygens (including phenoxy) is 1. The van der Waals surface area contributed by atoms with Crippen LogP contribution in [-0.2, 0) is 11.3 Å². The lowest BCUT2D eigenvalue weighted by Crippen LogP contribution is -2.30. The van der Waals surface area contributed by atoms with Gasteiger partial charge >= 0.3 is 0 Å². The van der Waals surface area contributed by atoms with E-state index in [4.69, 9.17) is 4.74 Å². The number of para-hydroxylation sites is 1. The molecular weight excluding hydrogens is 264 g/mol. The minimum Gasteiger partial charge on any atom is -0.483 e. The molecule has 1 amide bonds. The van der Waals surface area contributed by atoms with Crippen LogP contribution < -0.4 is 15.4 Å². The predicted molar refractivity (Wildman–Crippen MR) is 84.4 cm³/mol. The van der Waals surface area contributed by atoms with Gasteiger partial charge in [0.15, 0.2) is 6.61 Å². The van der Waals surface area contributed by atoms with Crippen molar-refractivity contribution < 1.29 is 9.53 Å². The smallest absolute Gasteiger partial charge is 0.257 e. The summed E-state index contributed by atoms with van der Waals surface area (Å²) >= 11 is 0. The molecule has 1 fully saturated rings. The van der Waals surface area contributed by atoms with Crippen LogP contribution in [-0.4, -0.2) is 25.6 Å². The summed E-state index contributed by atoms with van der Waals surface area (Å²) in [5, 5.41) is 6.30. The van der Waals surface area contributed by atoms with E-state index < -0.39 is 0 Å². The Kier molecular flexibility index (Phi) is 6.05. The largest absolute Gasteiger partial charge is 0.483 e. The highest BCUT2D eigenvalue weighted by molar-refractivity contribution is 5.77. The highest BCUT2D eigenvalue weighted by Gasteiger charge is 2.21. The van der Waals surface area contributed by atoms with E-state index in [1.54, 1.807) is 0 Å². The van der Waals surface area contributed by atoms with Crippen LogP contribution in [0, 0.1) is 12.8 Å². The molecule has 1 saturated carbocycles. The fourth-order valence-corrected chi connectivity index (χ4v) is 2.23. The van der Waals surface area contributed by atoms with Gasteiger partial charge in [0.2, 0.25) is 0 Å². The molecule has 0 heterocycles. The quantitative estimate of drug-likeness (QED) is 0.687. The second-order valence-electron chi connectivity index (χ2n) is 5.78. The zero-order valence-electron chi connectivity index (χ0n) is 13.1. The Labute approximate surface area is 127 Å². The first kappa shape index (κ1) is 15.8. The Hall–Kier alpha value is -1.55. The Balaban J connectivity index is 1.85. The number of carbonyl (C=O) groups excluding carboxylic acids is 1. The molecule has 0 aromatic heterocycles. The van der Waals surface area contributed by atoms with Crippen molar-refractivity contribution in [3.63, 3.8) is 0 Å². The summed E-state index contributed by atoms with van der Waals surface area (Å²) in [7, 11) is 0. The van der Waals surface area contributed by atoms with Crippen LogP contribution >= 0.6 is 0 Å². The summed E-state index contributed by atoms with van der Waals surface area (Å²) in [4.78, 5) is 11.8. The van der Waals surface area contributed by atoms with Gasteiger partial charge in [-0.05, 0) is 44.2 Å². The zero-order chi connectivity index (χ0) is 15.1. The molecule has 1 aliphatic rings. The minimum atomic E-state index is -0.0300. The summed E-state index contributed by atoms with van der Waals surface area (Å²) in [5.74, 6) is 1.50. The maximum Gasteiger partial charge on any atom is 0.257 e. The first-order valence-corrected chi connectivity index (χ1v) is 7.89. The highest BCUT2D eigenvalue weighted by Crippen LogP contribution is 2.27. The van der Waals surface area contributed by atoms with Crippen molar-refractivity contribution in [3.05, 3.63) is 29.3 Å². The molecule has 1 aromatic rings. The lowest BCUT2D eigenvalue weighted by molar-refractivity contribution is -0.123. The van der Waals surface area contributed by atoms with Crippen molar-refractivity contribution in [2.45, 2.75) is 39.7 Å². The van der Waals surface area contributed by atoms with Crippen molar-refractivity contribution in [2.75, 3.05) is 19.7 Å². The molecule has 4 heteroatoms. The number of aryl methyl sites for hydroxylation is 1. The van der Waals surface area contributed by atoms with Crippen LogP contribution in [0.5, 0.6) is 5.75 Å². The van der Waals surface area contributed by atoms with Gasteiger partial charge in [0.1, 0.15) is 5.75 Å². The zero-order valence-corrected chi connectivity index (χ0v) is 13.1. The third-order valence-corrected chi connectivity index (χ3v) is 3.67. The third kappa shape index (κ3) is 5.38. The van der Waals surface area contributed by atoms with Gasteiger partial charge < -0.3 is 15.4 Å². The SMILES string of the molecule is CCCNCc1cccc(C)c1OCC(=O)NCC1CC1. The van der Waals surface area contributed by atoms with Crippen LogP contribution in [0.1, 0.15) is 37.3 Å². The number of benzene rings is 1. The molecule has 0 saturated heterocycles. The van der Waals surface area contributed by atoms with Gasteiger partial charge in [-0.25, -0.2) is 0 Å². The fraction of sp³-hybridized carbons (Fsp3) is 0.588. The lowest BCUT2D eigenvalue weighted by atomic mass is 10.1. The van der Waals surface area contributed by atoms with Gasteiger partial charge in [-0.3, -0.25) is 4.79 Å². The van der Waals surface area contributed by atoms with E-state index in [9.17, 15) is 4.79 Å². The van der Waals surface area contributed by atoms with E-state index in [-0.39, 0.29) is 12.5 Å². The van der Waals surface area contributed by atoms with Gasteiger partial charge in [0.05, 0.1) is 0 Å². The normalized spacial score (nSPS) is 14.0. The van der Waals surface area contributed by atoms with Crippen LogP contribution in [0.15, 0.2) is 18.2 Å². The molecule has 0 spiro atoms. The number of rotatable bonds is 9. The highest BCUT2D eigenvalue weighted by atomic mass is 16.5. The molecule has 0 unspecified atom stereocenters. The molecular formula is C17H26N2O2. The average Bonchev–Trinajstić information content (AvgIpc) is 3.29. The maximum atomic E-state index is 11.8. The standard InChI is InChI=1S/C17H26N2O2/c1-3-9-18-11-15-6-4-5-13(2)17(15)21-12-16(20)19-10-14-7-8-14/h4-6,14,18H,3,7-12H2,1-2H3,(H,19,20). The summed E-state index contributed by atoms with van der Waals surface area (Å²) < 4.78 is 5.76. The van der Waals surface area contributed by atoms with E-state index in [1.807, 2.05) is 25.1 Å². The molecule has 21 heavy (non-hydrogen) atoms. The molecule has 2 N–H and O–H groups in total. The Morgan fingerprint density at radius 2 is 2.19 bits per heavy atom. The van der Waals surface area contributed by atoms with Gasteiger partial charge in [-0.1, -0.05) is 25.1 Å². The molecule has 0 atom stereocenters. The van der Waals surface area contributed by atoms with Crippen LogP contribution in [0.4, 0.5) is 0 Å². The average molecular weight is 290 g/mol. The second-order valence-corrected chi connectivity index (χ2v) is 5.78. The van der Waals surface area contributed by atoms with Crippen molar-refractivity contribution >= 4 is 5.91 Å². The molecule has 0 aliphatic heterocycles. The van der Waals surface area contributed by atoms with Gasteiger partial charge in [0.25, 0.3) is 5.91 Å². The van der Waals surface area contributed by atoms with E-state index >= 15 is 0 Å². The van der Waals surface area contributed by atoms with Crippen molar-refractivity contribution in [3.8, 4) is 5.75 Å². The topological polar surface area (TPSA) is 50.4 Å². The molecule has 0 bridgehead atoms. The molecule has 116 valence electrons. The van der Waals surface area contributed by atoms with E-state index in [0.717, 1.165) is 42.9 Å². The number of hydrogen-bond donors (Lipinski definition) is 2. The monoisotopic (exact) mass is 290 g/mol. The van der Waals surface area contributed by atoms with Crippen molar-refractivity contribution in [1.29, 1.82) is 0 Å². The molecule has 0 radical (unpaired) electrons. The van der Waals surface area contributed by atoms with Crippen LogP contribution in [0.25, 0.3) is 0 Å². The van der Waals surface area contributed by atoms with E-state index in [0.29, 0.717) is 5.92 Å². The third-order valence-electron chi connectivity index (χ3n) is 3.67. The Morgan fingerprint density at radius 3 is 2.90 bits per heavy atom. The Morgan fingerprint density at radius 1 is 1.38 bits per heavy atom. The van der Waals surface area contributed by atoms with Crippen molar-refractivity contribution in [1.82, 2.24) is 10.6 Å². The molecule has 2 rings (SSSR count). The summed E-state index contributed by atoms with van der Waals surface area (Å²) in [6, 6.07) is 6.09. The molecule has 1 aromatic carbocycles. The lowest BCUT2D eigenvalue weighted by Gasteiger charge is -2.14. The van der Waals surface area contributed by atoms with Crippen molar-refractivity contribution in [2.24, 2.45) is 5.92 Å². The first-order valence-electron chi connectivity index (χ1n) is 7.89. The summed E-state index contributed by atoms with van der Waals surface area (Å²) in [5.41, 5.74) is 2.18. The number of hydrogen-bond acceptors (Lipinski definition) is 3. The molecule has 1 aliphatic carbocycles. The summed E-state index contributed by atoms with van der Waals surface area (Å²) in [6.45, 7) is 6.80. The second kappa shape index (κ2) is 8.03. The fourth-order valence-electron chi connectivity index (χ4n) is 2.23.